The Hall–Kier alpha value is -0.530. The molecule has 13 heavy (non-hydrogen) atoms. The summed E-state index contributed by atoms with van der Waals surface area (Å²) in [5.74, 6) is 0.151. The van der Waals surface area contributed by atoms with Gasteiger partial charge in [0.2, 0.25) is 5.91 Å². The lowest BCUT2D eigenvalue weighted by atomic mass is 9.74. The average molecular weight is 179 g/mol. The van der Waals surface area contributed by atoms with Gasteiger partial charge in [-0.2, -0.15) is 0 Å². The summed E-state index contributed by atoms with van der Waals surface area (Å²) in [6.45, 7) is 0. The highest BCUT2D eigenvalue weighted by Gasteiger charge is 2.70. The first-order valence-corrected chi connectivity index (χ1v) is 5.47. The number of nitrogens with two attached hydrogens (primary N) is 1. The SMILES string of the molecule is NC(=O)C1CCC2(C1)CC21CCC1. The number of hydrogen-bond acceptors (Lipinski definition) is 1. The molecule has 0 saturated heterocycles. The molecule has 3 aliphatic carbocycles. The van der Waals surface area contributed by atoms with Crippen LogP contribution in [-0.4, -0.2) is 5.91 Å². The summed E-state index contributed by atoms with van der Waals surface area (Å²) in [5, 5.41) is 0. The second-order valence-electron chi connectivity index (χ2n) is 5.43. The van der Waals surface area contributed by atoms with E-state index in [0.29, 0.717) is 10.8 Å². The van der Waals surface area contributed by atoms with Crippen LogP contribution in [0, 0.1) is 16.7 Å². The van der Waals surface area contributed by atoms with E-state index in [2.05, 4.69) is 0 Å². The van der Waals surface area contributed by atoms with Crippen molar-refractivity contribution in [3.05, 3.63) is 0 Å². The number of carbonyl (C=O) groups excluding carboxylic acids is 1. The normalized spacial score (nSPS) is 45.1. The Labute approximate surface area is 78.9 Å². The van der Waals surface area contributed by atoms with Gasteiger partial charge in [0.25, 0.3) is 0 Å². The predicted octanol–water partition coefficient (Wildman–Crippen LogP) is 1.83. The number of rotatable bonds is 1. The maximum Gasteiger partial charge on any atom is 0.220 e. The molecule has 1 amide bonds. The predicted molar refractivity (Wildman–Crippen MR) is 49.9 cm³/mol. The number of primary amides is 1. The van der Waals surface area contributed by atoms with Crippen LogP contribution in [0.15, 0.2) is 0 Å². The zero-order valence-corrected chi connectivity index (χ0v) is 8.01. The molecule has 2 nitrogen and oxygen atoms in total. The lowest BCUT2D eigenvalue weighted by molar-refractivity contribution is -0.121. The van der Waals surface area contributed by atoms with Gasteiger partial charge in [-0.05, 0) is 49.4 Å². The molecule has 0 aromatic heterocycles. The standard InChI is InChI=1S/C11H17NO/c12-9(13)8-2-5-11(6-8)7-10(11)3-1-4-10/h8H,1-7H2,(H2,12,13). The van der Waals surface area contributed by atoms with Gasteiger partial charge in [-0.3, -0.25) is 4.79 Å². The molecule has 2 heteroatoms. The van der Waals surface area contributed by atoms with Crippen molar-refractivity contribution in [1.29, 1.82) is 0 Å². The zero-order valence-electron chi connectivity index (χ0n) is 8.01. The smallest absolute Gasteiger partial charge is 0.220 e. The highest BCUT2D eigenvalue weighted by molar-refractivity contribution is 5.77. The highest BCUT2D eigenvalue weighted by Crippen LogP contribution is 2.79. The fraction of sp³-hybridized carbons (Fsp3) is 0.909. The van der Waals surface area contributed by atoms with Gasteiger partial charge in [-0.25, -0.2) is 0 Å². The second kappa shape index (κ2) is 2.10. The highest BCUT2D eigenvalue weighted by atomic mass is 16.1. The fourth-order valence-corrected chi connectivity index (χ4v) is 3.93. The lowest BCUT2D eigenvalue weighted by Gasteiger charge is -2.31. The number of fused-ring (bicyclic) bond motifs is 1. The molecular weight excluding hydrogens is 162 g/mol. The van der Waals surface area contributed by atoms with Crippen molar-refractivity contribution in [2.75, 3.05) is 0 Å². The van der Waals surface area contributed by atoms with E-state index < -0.39 is 0 Å². The minimum Gasteiger partial charge on any atom is -0.369 e. The topological polar surface area (TPSA) is 43.1 Å². The first kappa shape index (κ1) is 7.84. The van der Waals surface area contributed by atoms with Crippen LogP contribution in [0.3, 0.4) is 0 Å². The molecule has 3 saturated carbocycles. The molecule has 2 atom stereocenters. The summed E-state index contributed by atoms with van der Waals surface area (Å²) in [4.78, 5) is 11.1. The van der Waals surface area contributed by atoms with Crippen LogP contribution in [0.25, 0.3) is 0 Å². The number of carbonyl (C=O) groups is 1. The molecule has 3 rings (SSSR count). The van der Waals surface area contributed by atoms with Gasteiger partial charge in [0, 0.05) is 5.92 Å². The van der Waals surface area contributed by atoms with Crippen molar-refractivity contribution in [2.24, 2.45) is 22.5 Å². The minimum absolute atomic E-state index is 0.0572. The van der Waals surface area contributed by atoms with E-state index in [4.69, 9.17) is 5.73 Å². The van der Waals surface area contributed by atoms with Crippen molar-refractivity contribution >= 4 is 5.91 Å². The van der Waals surface area contributed by atoms with Crippen molar-refractivity contribution in [2.45, 2.75) is 44.9 Å². The summed E-state index contributed by atoms with van der Waals surface area (Å²) in [5.41, 5.74) is 6.65. The van der Waals surface area contributed by atoms with Crippen molar-refractivity contribution < 1.29 is 4.79 Å². The molecule has 0 radical (unpaired) electrons. The van der Waals surface area contributed by atoms with Gasteiger partial charge >= 0.3 is 0 Å². The van der Waals surface area contributed by atoms with Gasteiger partial charge in [-0.1, -0.05) is 6.42 Å². The quantitative estimate of drug-likeness (QED) is 0.655. The monoisotopic (exact) mass is 179 g/mol. The van der Waals surface area contributed by atoms with Gasteiger partial charge in [0.05, 0.1) is 0 Å². The Morgan fingerprint density at radius 2 is 2.00 bits per heavy atom. The first-order chi connectivity index (χ1) is 6.18. The molecule has 3 fully saturated rings. The van der Waals surface area contributed by atoms with Gasteiger partial charge < -0.3 is 5.73 Å². The molecule has 0 aromatic rings. The molecule has 2 N–H and O–H groups in total. The van der Waals surface area contributed by atoms with Crippen LogP contribution in [0.1, 0.15) is 44.9 Å². The van der Waals surface area contributed by atoms with E-state index in [1.807, 2.05) is 0 Å². The third kappa shape index (κ3) is 0.818. The van der Waals surface area contributed by atoms with Crippen LogP contribution in [-0.2, 0) is 4.79 Å². The third-order valence-corrected chi connectivity index (χ3v) is 5.00. The number of hydrogen-bond donors (Lipinski definition) is 1. The van der Waals surface area contributed by atoms with Crippen LogP contribution in [0.4, 0.5) is 0 Å². The van der Waals surface area contributed by atoms with Crippen molar-refractivity contribution in [1.82, 2.24) is 0 Å². The second-order valence-corrected chi connectivity index (χ2v) is 5.43. The van der Waals surface area contributed by atoms with Crippen LogP contribution < -0.4 is 5.73 Å². The molecule has 72 valence electrons. The molecular formula is C11H17NO. The van der Waals surface area contributed by atoms with Gasteiger partial charge in [0.15, 0.2) is 0 Å². The fourth-order valence-electron chi connectivity index (χ4n) is 3.93. The third-order valence-electron chi connectivity index (χ3n) is 5.00. The summed E-state index contributed by atoms with van der Waals surface area (Å²) in [7, 11) is 0. The van der Waals surface area contributed by atoms with Gasteiger partial charge in [-0.15, -0.1) is 0 Å². The van der Waals surface area contributed by atoms with E-state index in [0.717, 1.165) is 12.8 Å². The van der Waals surface area contributed by atoms with Gasteiger partial charge in [0.1, 0.15) is 0 Å². The largest absolute Gasteiger partial charge is 0.369 e. The zero-order chi connectivity index (χ0) is 9.10. The van der Waals surface area contributed by atoms with E-state index in [-0.39, 0.29) is 11.8 Å². The Kier molecular flexibility index (Phi) is 1.27. The van der Waals surface area contributed by atoms with Crippen LogP contribution >= 0.6 is 0 Å². The van der Waals surface area contributed by atoms with Crippen LogP contribution in [0.5, 0.6) is 0 Å². The Morgan fingerprint density at radius 3 is 2.38 bits per heavy atom. The van der Waals surface area contributed by atoms with E-state index >= 15 is 0 Å². The maximum atomic E-state index is 11.1. The molecule has 0 aromatic carbocycles. The average Bonchev–Trinajstić information content (AvgIpc) is 2.44. The summed E-state index contributed by atoms with van der Waals surface area (Å²) >= 11 is 0. The minimum atomic E-state index is -0.0572. The van der Waals surface area contributed by atoms with Crippen molar-refractivity contribution in [3.8, 4) is 0 Å². The Morgan fingerprint density at radius 1 is 1.23 bits per heavy atom. The maximum absolute atomic E-state index is 11.1. The summed E-state index contributed by atoms with van der Waals surface area (Å²) < 4.78 is 0. The molecule has 2 unspecified atom stereocenters. The lowest BCUT2D eigenvalue weighted by Crippen LogP contribution is -2.23. The molecule has 0 aliphatic heterocycles. The Balaban J connectivity index is 1.73. The van der Waals surface area contributed by atoms with E-state index in [1.54, 1.807) is 0 Å². The summed E-state index contributed by atoms with van der Waals surface area (Å²) in [6, 6.07) is 0. The van der Waals surface area contributed by atoms with Crippen LogP contribution in [0.2, 0.25) is 0 Å². The molecule has 0 bridgehead atoms. The molecule has 3 aliphatic rings. The summed E-state index contributed by atoms with van der Waals surface area (Å²) in [6.07, 6.45) is 9.14. The first-order valence-electron chi connectivity index (χ1n) is 5.47. The Bertz CT molecular complexity index is 269. The number of amides is 1. The molecule has 0 heterocycles. The molecule has 2 spiro atoms. The van der Waals surface area contributed by atoms with E-state index in [1.165, 1.54) is 32.1 Å². The van der Waals surface area contributed by atoms with E-state index in [9.17, 15) is 4.79 Å². The van der Waals surface area contributed by atoms with Crippen molar-refractivity contribution in [3.63, 3.8) is 0 Å².